The third-order valence-corrected chi connectivity index (χ3v) is 4.93. The Morgan fingerprint density at radius 2 is 1.14 bits per heavy atom. The van der Waals surface area contributed by atoms with Crippen molar-refractivity contribution in [3.8, 4) is 0 Å². The van der Waals surface area contributed by atoms with E-state index in [1.165, 1.54) is 4.90 Å². The minimum Gasteiger partial charge on any atom is -0.549 e. The first-order valence-electron chi connectivity index (χ1n) is 10.8. The molecule has 1 aromatic carbocycles. The molecule has 0 aromatic heterocycles. The highest BCUT2D eigenvalue weighted by Gasteiger charge is 2.22. The number of carbonyl (C=O) groups excluding carboxylic acids is 5. The molecule has 14 heteroatoms. The van der Waals surface area contributed by atoms with Gasteiger partial charge in [0.15, 0.2) is 0 Å². The number of nitrogens with zero attached hydrogens (tertiary/aromatic N) is 3. The van der Waals surface area contributed by atoms with Crippen LogP contribution in [0.2, 0.25) is 0 Å². The lowest BCUT2D eigenvalue weighted by Gasteiger charge is -2.35. The van der Waals surface area contributed by atoms with Gasteiger partial charge in [-0.15, -0.1) is 0 Å². The summed E-state index contributed by atoms with van der Waals surface area (Å²) >= 11 is 0. The van der Waals surface area contributed by atoms with Gasteiger partial charge >= 0.3 is 0 Å². The number of carbonyl (C=O) groups is 5. The van der Waals surface area contributed by atoms with Crippen LogP contribution in [0.1, 0.15) is 5.56 Å². The Bertz CT molecular complexity index is 865. The molecule has 0 saturated carbocycles. The number of carboxylic acid groups (broad SMARTS) is 5. The fraction of sp³-hybridized carbons (Fsp3) is 0.500. The number of hydrogen-bond acceptors (Lipinski definition) is 14. The average Bonchev–Trinajstić information content (AvgIpc) is 2.76. The van der Waals surface area contributed by atoms with Crippen molar-refractivity contribution in [3.63, 3.8) is 0 Å². The van der Waals surface area contributed by atoms with E-state index >= 15 is 0 Å². The smallest absolute Gasteiger partial charge is 0.0734 e. The second-order valence-electron chi connectivity index (χ2n) is 7.78. The predicted molar refractivity (Wildman–Crippen MR) is 109 cm³/mol. The predicted octanol–water partition coefficient (Wildman–Crippen LogP) is -7.77. The van der Waals surface area contributed by atoms with E-state index in [4.69, 9.17) is 4.74 Å². The van der Waals surface area contributed by atoms with Gasteiger partial charge in [-0.2, -0.15) is 0 Å². The molecule has 0 spiro atoms. The topological polar surface area (TPSA) is 220 Å². The van der Waals surface area contributed by atoms with Gasteiger partial charge < -0.3 is 54.2 Å². The summed E-state index contributed by atoms with van der Waals surface area (Å²) in [6.45, 7) is -4.27. The lowest BCUT2D eigenvalue weighted by Crippen LogP contribution is -2.56. The average molecular weight is 508 g/mol. The summed E-state index contributed by atoms with van der Waals surface area (Å²) in [4.78, 5) is 58.8. The van der Waals surface area contributed by atoms with E-state index in [1.54, 1.807) is 30.3 Å². The van der Waals surface area contributed by atoms with Crippen LogP contribution in [0.4, 0.5) is 0 Å². The molecule has 0 fully saturated rings. The molecule has 0 saturated heterocycles. The first-order chi connectivity index (χ1) is 17.0. The maximum absolute atomic E-state index is 11.7. The van der Waals surface area contributed by atoms with E-state index in [0.717, 1.165) is 15.4 Å². The molecule has 0 amide bonds. The van der Waals surface area contributed by atoms with E-state index in [1.807, 2.05) is 0 Å². The lowest BCUT2D eigenvalue weighted by molar-refractivity contribution is -0.317. The molecule has 0 aliphatic rings. The van der Waals surface area contributed by atoms with Crippen LogP contribution in [0, 0.1) is 0 Å². The molecule has 200 valence electrons. The molecule has 1 aromatic rings. The van der Waals surface area contributed by atoms with Gasteiger partial charge in [-0.05, 0) is 5.56 Å². The van der Waals surface area contributed by atoms with Crippen LogP contribution < -0.4 is 25.5 Å². The zero-order valence-corrected chi connectivity index (χ0v) is 19.4. The number of benzene rings is 1. The van der Waals surface area contributed by atoms with E-state index in [-0.39, 0.29) is 32.8 Å². The van der Waals surface area contributed by atoms with E-state index in [0.29, 0.717) is 0 Å². The summed E-state index contributed by atoms with van der Waals surface area (Å²) < 4.78 is 5.41. The van der Waals surface area contributed by atoms with Crippen LogP contribution in [0.5, 0.6) is 0 Å². The lowest BCUT2D eigenvalue weighted by atomic mass is 10.2. The SMILES string of the molecule is O=C([O-])CN(CCN(CC(=O)[O-])CC(=O)[O-])CCN(CC(=O)[O-])C(COCc1ccccc1)C(=O)[O-]. The molecule has 0 bridgehead atoms. The Kier molecular flexibility index (Phi) is 13.7. The number of carboxylic acids is 5. The van der Waals surface area contributed by atoms with Crippen molar-refractivity contribution in [2.75, 3.05) is 59.0 Å². The van der Waals surface area contributed by atoms with Crippen molar-refractivity contribution in [2.45, 2.75) is 12.6 Å². The Morgan fingerprint density at radius 1 is 0.667 bits per heavy atom. The molecule has 0 radical (unpaired) electrons. The van der Waals surface area contributed by atoms with Crippen LogP contribution >= 0.6 is 0 Å². The standard InChI is InChI=1S/C22H31N3O11/c26-18(27)10-23(6-7-24(11-19(28)29)12-20(30)31)8-9-25(13-21(32)33)17(22(34)35)15-36-14-16-4-2-1-3-5-16/h1-5,17H,6-15H2,(H,26,27)(H,28,29)(H,30,31)(H,32,33)(H,34,35)/p-5. The van der Waals surface area contributed by atoms with E-state index in [9.17, 15) is 49.5 Å². The van der Waals surface area contributed by atoms with Crippen LogP contribution in [0.25, 0.3) is 0 Å². The molecule has 0 N–H and O–H groups in total. The highest BCUT2D eigenvalue weighted by Crippen LogP contribution is 2.06. The minimum atomic E-state index is -1.62. The number of hydrogen-bond donors (Lipinski definition) is 0. The largest absolute Gasteiger partial charge is 0.549 e. The number of ether oxygens (including phenoxy) is 1. The van der Waals surface area contributed by atoms with E-state index < -0.39 is 68.7 Å². The zero-order chi connectivity index (χ0) is 27.1. The molecule has 1 atom stereocenters. The van der Waals surface area contributed by atoms with Gasteiger partial charge in [0.2, 0.25) is 0 Å². The molecule has 1 unspecified atom stereocenters. The van der Waals surface area contributed by atoms with Crippen LogP contribution in [0.15, 0.2) is 30.3 Å². The van der Waals surface area contributed by atoms with Gasteiger partial charge in [0.1, 0.15) is 0 Å². The molecule has 14 nitrogen and oxygen atoms in total. The monoisotopic (exact) mass is 508 g/mol. The van der Waals surface area contributed by atoms with Gasteiger partial charge in [0.05, 0.1) is 49.1 Å². The number of rotatable bonds is 20. The minimum absolute atomic E-state index is 0.0489. The van der Waals surface area contributed by atoms with Crippen molar-refractivity contribution in [3.05, 3.63) is 35.9 Å². The van der Waals surface area contributed by atoms with Crippen molar-refractivity contribution < 1.29 is 54.2 Å². The maximum Gasteiger partial charge on any atom is 0.0734 e. The molecule has 36 heavy (non-hydrogen) atoms. The Balaban J connectivity index is 2.85. The molecule has 1 rings (SSSR count). The first-order valence-corrected chi connectivity index (χ1v) is 10.8. The molecule has 0 aliphatic carbocycles. The summed E-state index contributed by atoms with van der Waals surface area (Å²) in [5.74, 6) is -7.85. The highest BCUT2D eigenvalue weighted by atomic mass is 16.5. The summed E-state index contributed by atoms with van der Waals surface area (Å²) in [5.41, 5.74) is 0.749. The second-order valence-corrected chi connectivity index (χ2v) is 7.78. The van der Waals surface area contributed by atoms with Gasteiger partial charge in [0.25, 0.3) is 0 Å². The zero-order valence-electron chi connectivity index (χ0n) is 19.4. The fourth-order valence-corrected chi connectivity index (χ4v) is 3.28. The highest BCUT2D eigenvalue weighted by molar-refractivity contribution is 5.73. The van der Waals surface area contributed by atoms with Crippen molar-refractivity contribution in [2.24, 2.45) is 0 Å². The summed E-state index contributed by atoms with van der Waals surface area (Å²) in [5, 5.41) is 55.7. The van der Waals surface area contributed by atoms with Gasteiger partial charge in [-0.25, -0.2) is 0 Å². The molecular weight excluding hydrogens is 482 g/mol. The summed E-state index contributed by atoms with van der Waals surface area (Å²) in [6.07, 6.45) is 0. The normalized spacial score (nSPS) is 12.1. The van der Waals surface area contributed by atoms with Crippen LogP contribution in [0.3, 0.4) is 0 Å². The van der Waals surface area contributed by atoms with Gasteiger partial charge in [0, 0.05) is 52.4 Å². The van der Waals surface area contributed by atoms with Crippen LogP contribution in [-0.2, 0) is 35.3 Å². The quantitative estimate of drug-likeness (QED) is 0.160. The van der Waals surface area contributed by atoms with Gasteiger partial charge in [-0.3, -0.25) is 14.7 Å². The first kappa shape index (κ1) is 30.4. The third-order valence-electron chi connectivity index (χ3n) is 4.93. The van der Waals surface area contributed by atoms with Crippen molar-refractivity contribution in [1.82, 2.24) is 14.7 Å². The maximum atomic E-state index is 11.7. The fourth-order valence-electron chi connectivity index (χ4n) is 3.28. The Hall–Kier alpha value is -3.59. The van der Waals surface area contributed by atoms with Crippen molar-refractivity contribution >= 4 is 29.8 Å². The second kappa shape index (κ2) is 16.1. The number of aliphatic carboxylic acids is 5. The molecular formula is C22H26N3O11-5. The van der Waals surface area contributed by atoms with Gasteiger partial charge in [-0.1, -0.05) is 30.3 Å². The Morgan fingerprint density at radius 3 is 1.64 bits per heavy atom. The summed E-state index contributed by atoms with van der Waals surface area (Å²) in [7, 11) is 0. The summed E-state index contributed by atoms with van der Waals surface area (Å²) in [6, 6.07) is 7.27. The van der Waals surface area contributed by atoms with Crippen molar-refractivity contribution in [1.29, 1.82) is 0 Å². The molecule has 0 aliphatic heterocycles. The third kappa shape index (κ3) is 13.3. The van der Waals surface area contributed by atoms with E-state index in [2.05, 4.69) is 0 Å². The molecule has 0 heterocycles. The Labute approximate surface area is 206 Å². The van der Waals surface area contributed by atoms with Crippen LogP contribution in [-0.4, -0.2) is 110 Å².